The number of unbranched alkanes of at least 4 members (excludes halogenated alkanes) is 5. The molecule has 0 heterocycles. The van der Waals surface area contributed by atoms with Crippen LogP contribution in [0.2, 0.25) is 0 Å². The van der Waals surface area contributed by atoms with E-state index in [-0.39, 0.29) is 18.9 Å². The van der Waals surface area contributed by atoms with E-state index in [1.54, 1.807) is 0 Å². The van der Waals surface area contributed by atoms with Crippen LogP contribution in [0.1, 0.15) is 136 Å². The second-order valence-corrected chi connectivity index (χ2v) is 17.1. The van der Waals surface area contributed by atoms with E-state index in [0.717, 1.165) is 83.5 Å². The molecule has 0 aromatic rings. The van der Waals surface area contributed by atoms with Gasteiger partial charge in [-0.2, -0.15) is 0 Å². The van der Waals surface area contributed by atoms with Gasteiger partial charge in [-0.1, -0.05) is 130 Å². The number of allylic oxidation sites excluding steroid dienone is 15. The number of phosphoric ester groups is 1. The van der Waals surface area contributed by atoms with E-state index in [4.69, 9.17) is 18.5 Å². The molecule has 1 aliphatic rings. The van der Waals surface area contributed by atoms with Crippen LogP contribution >= 0.6 is 7.82 Å². The van der Waals surface area contributed by atoms with Crippen molar-refractivity contribution >= 4 is 19.8 Å². The van der Waals surface area contributed by atoms with Crippen molar-refractivity contribution in [3.8, 4) is 0 Å². The minimum Gasteiger partial charge on any atom is -0.462 e. The lowest BCUT2D eigenvalue weighted by atomic mass is 9.85. The van der Waals surface area contributed by atoms with Crippen LogP contribution in [0.25, 0.3) is 0 Å². The molecule has 9 atom stereocenters. The average Bonchev–Trinajstić information content (AvgIpc) is 3.27. The summed E-state index contributed by atoms with van der Waals surface area (Å²) in [5.41, 5.74) is 0. The zero-order valence-corrected chi connectivity index (χ0v) is 39.0. The van der Waals surface area contributed by atoms with E-state index in [9.17, 15) is 49.7 Å². The first-order valence-corrected chi connectivity index (χ1v) is 24.6. The molecule has 1 fully saturated rings. The van der Waals surface area contributed by atoms with Gasteiger partial charge in [0.25, 0.3) is 0 Å². The number of hydrogen-bond acceptors (Lipinski definition) is 13. The molecular weight excluding hydrogens is 843 g/mol. The summed E-state index contributed by atoms with van der Waals surface area (Å²) in [6, 6.07) is 0. The molecule has 0 aromatic heterocycles. The highest BCUT2D eigenvalue weighted by molar-refractivity contribution is 7.47. The Morgan fingerprint density at radius 2 is 1.02 bits per heavy atom. The molecule has 364 valence electrons. The third-order valence-corrected chi connectivity index (χ3v) is 11.0. The maximum atomic E-state index is 12.8. The molecule has 64 heavy (non-hydrogen) atoms. The number of ether oxygens (including phenoxy) is 2. The van der Waals surface area contributed by atoms with E-state index >= 15 is 0 Å². The van der Waals surface area contributed by atoms with E-state index < -0.39 is 75.7 Å². The maximum absolute atomic E-state index is 12.8. The minimum atomic E-state index is -5.15. The molecule has 14 nitrogen and oxygen atoms in total. The maximum Gasteiger partial charge on any atom is 0.472 e. The minimum absolute atomic E-state index is 0.0434. The molecule has 0 amide bonds. The molecular formula is C49H79O14P. The van der Waals surface area contributed by atoms with Crippen molar-refractivity contribution < 1.29 is 68.2 Å². The standard InChI is InChI=1S/C49H79O14P/c1-3-5-6-7-8-9-10-11-12-13-14-17-21-24-27-30-33-37-43(52)62-41(39-61-64(58,59)63-49-47(56)45(54)44(53)46(55)48(49)57)38-60-42(51)36-32-29-26-23-20-18-15-16-19-22-25-28-31-35-40(50)34-4-2/h5-6,8-9,11-12,14-15,17-19,22-23,26,28,31,40-41,44-50,53-57H,3-4,7,10,13,16,20-21,24-25,27,29-30,32-39H2,1-2H3,(H,58,59)/b6-5-,9-8-,12-11-,17-14-,18-15-,22-19-,26-23-,31-28-/t40?,41-,44?,45-,46+,47-,48-,49?/m1/s1. The summed E-state index contributed by atoms with van der Waals surface area (Å²) in [5.74, 6) is -1.22. The van der Waals surface area contributed by atoms with Crippen LogP contribution in [0.5, 0.6) is 0 Å². The van der Waals surface area contributed by atoms with E-state index in [1.165, 1.54) is 0 Å². The first-order chi connectivity index (χ1) is 30.8. The van der Waals surface area contributed by atoms with E-state index in [0.29, 0.717) is 25.7 Å². The van der Waals surface area contributed by atoms with Crippen LogP contribution in [-0.2, 0) is 32.7 Å². The second kappa shape index (κ2) is 37.9. The predicted octanol–water partition coefficient (Wildman–Crippen LogP) is 8.02. The quantitative estimate of drug-likeness (QED) is 0.0137. The summed E-state index contributed by atoms with van der Waals surface area (Å²) < 4.78 is 33.4. The Balaban J connectivity index is 2.54. The summed E-state index contributed by atoms with van der Waals surface area (Å²) in [4.78, 5) is 35.7. The summed E-state index contributed by atoms with van der Waals surface area (Å²) in [6.45, 7) is 2.90. The molecule has 0 bridgehead atoms. The van der Waals surface area contributed by atoms with Crippen LogP contribution in [0.4, 0.5) is 0 Å². The zero-order valence-electron chi connectivity index (χ0n) is 38.1. The summed E-state index contributed by atoms with van der Waals surface area (Å²) in [5, 5.41) is 59.9. The van der Waals surface area contributed by atoms with Gasteiger partial charge in [-0.05, 0) is 89.9 Å². The third-order valence-electron chi connectivity index (χ3n) is 9.97. The van der Waals surface area contributed by atoms with Crippen molar-refractivity contribution in [3.63, 3.8) is 0 Å². The Morgan fingerprint density at radius 3 is 1.55 bits per heavy atom. The second-order valence-electron chi connectivity index (χ2n) is 15.7. The zero-order chi connectivity index (χ0) is 47.3. The summed E-state index contributed by atoms with van der Waals surface area (Å²) >= 11 is 0. The number of esters is 2. The van der Waals surface area contributed by atoms with Gasteiger partial charge in [-0.25, -0.2) is 4.57 Å². The van der Waals surface area contributed by atoms with Gasteiger partial charge in [0.1, 0.15) is 43.2 Å². The van der Waals surface area contributed by atoms with E-state index in [1.807, 2.05) is 18.2 Å². The molecule has 0 aromatic carbocycles. The Bertz CT molecular complexity index is 1500. The first kappa shape index (κ1) is 58.7. The Hall–Kier alpha value is -3.27. The number of carbonyl (C=O) groups excluding carboxylic acids is 2. The van der Waals surface area contributed by atoms with Gasteiger partial charge in [0.15, 0.2) is 6.10 Å². The summed E-state index contributed by atoms with van der Waals surface area (Å²) in [7, 11) is -5.15. The lowest BCUT2D eigenvalue weighted by Gasteiger charge is -2.41. The normalized spacial score (nSPS) is 23.0. The molecule has 1 rings (SSSR count). The smallest absolute Gasteiger partial charge is 0.462 e. The van der Waals surface area contributed by atoms with E-state index in [2.05, 4.69) is 92.8 Å². The van der Waals surface area contributed by atoms with Crippen molar-refractivity contribution in [1.29, 1.82) is 0 Å². The van der Waals surface area contributed by atoms with Gasteiger partial charge in [0, 0.05) is 12.8 Å². The summed E-state index contributed by atoms with van der Waals surface area (Å²) in [6.07, 6.45) is 33.8. The molecule has 1 aliphatic carbocycles. The highest BCUT2D eigenvalue weighted by Crippen LogP contribution is 2.47. The Morgan fingerprint density at radius 1 is 0.562 bits per heavy atom. The first-order valence-electron chi connectivity index (χ1n) is 23.1. The lowest BCUT2D eigenvalue weighted by molar-refractivity contribution is -0.220. The molecule has 4 unspecified atom stereocenters. The predicted molar refractivity (Wildman–Crippen MR) is 250 cm³/mol. The fourth-order valence-corrected chi connectivity index (χ4v) is 7.26. The molecule has 7 N–H and O–H groups in total. The number of aliphatic hydroxyl groups excluding tert-OH is 6. The molecule has 0 spiro atoms. The van der Waals surface area contributed by atoms with Crippen molar-refractivity contribution in [3.05, 3.63) is 97.2 Å². The molecule has 0 radical (unpaired) electrons. The van der Waals surface area contributed by atoms with Crippen LogP contribution in [0.15, 0.2) is 97.2 Å². The number of rotatable bonds is 36. The van der Waals surface area contributed by atoms with Crippen molar-refractivity contribution in [2.24, 2.45) is 0 Å². The third kappa shape index (κ3) is 30.0. The number of phosphoric acid groups is 1. The van der Waals surface area contributed by atoms with Gasteiger partial charge in [-0.15, -0.1) is 0 Å². The number of aliphatic hydroxyl groups is 6. The van der Waals surface area contributed by atoms with Gasteiger partial charge >= 0.3 is 19.8 Å². The molecule has 0 aliphatic heterocycles. The fraction of sp³-hybridized carbons (Fsp3) is 0.633. The van der Waals surface area contributed by atoms with Gasteiger partial charge in [0.05, 0.1) is 12.7 Å². The topological polar surface area (TPSA) is 230 Å². The SMILES string of the molecule is CC/C=C\C/C=C\C/C=C\C/C=C\CCCCCCC(=O)O[C@H](COC(=O)CCC/C=C\C/C=C\C/C=C\C/C=C\CC(O)CCC)COP(=O)(O)OC1[C@H](O)[C@H](O)C(O)[C@H](O)[C@H]1O. The molecule has 0 saturated heterocycles. The van der Waals surface area contributed by atoms with Crippen LogP contribution in [0, 0.1) is 0 Å². The largest absolute Gasteiger partial charge is 0.472 e. The highest BCUT2D eigenvalue weighted by atomic mass is 31.2. The average molecular weight is 923 g/mol. The molecule has 15 heteroatoms. The fourth-order valence-electron chi connectivity index (χ4n) is 6.28. The van der Waals surface area contributed by atoms with Gasteiger partial charge < -0.3 is 45.0 Å². The highest BCUT2D eigenvalue weighted by Gasteiger charge is 2.51. The van der Waals surface area contributed by atoms with Crippen molar-refractivity contribution in [1.82, 2.24) is 0 Å². The Kier molecular flexibility index (Phi) is 34.8. The van der Waals surface area contributed by atoms with Crippen LogP contribution < -0.4 is 0 Å². The van der Waals surface area contributed by atoms with Crippen molar-refractivity contribution in [2.75, 3.05) is 13.2 Å². The van der Waals surface area contributed by atoms with Gasteiger partial charge in [-0.3, -0.25) is 18.6 Å². The number of hydrogen-bond donors (Lipinski definition) is 7. The van der Waals surface area contributed by atoms with Crippen LogP contribution in [0.3, 0.4) is 0 Å². The van der Waals surface area contributed by atoms with Crippen LogP contribution in [-0.4, -0.2) is 110 Å². The lowest BCUT2D eigenvalue weighted by Crippen LogP contribution is -2.64. The Labute approximate surface area is 382 Å². The van der Waals surface area contributed by atoms with Crippen molar-refractivity contribution in [2.45, 2.75) is 185 Å². The monoisotopic (exact) mass is 923 g/mol. The molecule has 1 saturated carbocycles. The van der Waals surface area contributed by atoms with Gasteiger partial charge in [0.2, 0.25) is 0 Å². The number of carbonyl (C=O) groups is 2.